The van der Waals surface area contributed by atoms with Crippen LogP contribution in [0.25, 0.3) is 0 Å². The van der Waals surface area contributed by atoms with Crippen LogP contribution in [0.2, 0.25) is 0 Å². The fourth-order valence-electron chi connectivity index (χ4n) is 2.36. The van der Waals surface area contributed by atoms with Gasteiger partial charge in [-0.15, -0.1) is 0 Å². The summed E-state index contributed by atoms with van der Waals surface area (Å²) in [5, 5.41) is 0. The molecule has 6 heteroatoms. The van der Waals surface area contributed by atoms with E-state index in [1.807, 2.05) is 25.1 Å². The third-order valence-corrected chi connectivity index (χ3v) is 5.08. The van der Waals surface area contributed by atoms with Crippen molar-refractivity contribution in [3.05, 3.63) is 30.1 Å². The van der Waals surface area contributed by atoms with Crippen molar-refractivity contribution in [2.75, 3.05) is 13.1 Å². The quantitative estimate of drug-likeness (QED) is 0.915. The van der Waals surface area contributed by atoms with Crippen molar-refractivity contribution in [2.24, 2.45) is 5.92 Å². The number of aromatic nitrogens is 1. The molecule has 2 rings (SSSR count). The molecule has 1 saturated heterocycles. The predicted molar refractivity (Wildman–Crippen MR) is 74.7 cm³/mol. The molecule has 0 aliphatic carbocycles. The Balaban J connectivity index is 2.04. The van der Waals surface area contributed by atoms with Crippen molar-refractivity contribution < 1.29 is 8.42 Å². The third kappa shape index (κ3) is 3.75. The third-order valence-electron chi connectivity index (χ3n) is 3.42. The zero-order chi connectivity index (χ0) is 13.9. The van der Waals surface area contributed by atoms with Gasteiger partial charge in [-0.05, 0) is 37.8 Å². The minimum Gasteiger partial charge on any atom is -0.260 e. The van der Waals surface area contributed by atoms with E-state index in [0.29, 0.717) is 19.0 Å². The Morgan fingerprint density at radius 2 is 2.26 bits per heavy atom. The molecule has 2 atom stereocenters. The summed E-state index contributed by atoms with van der Waals surface area (Å²) in [6.07, 6.45) is 3.70. The van der Waals surface area contributed by atoms with E-state index in [-0.39, 0.29) is 6.04 Å². The van der Waals surface area contributed by atoms with E-state index < -0.39 is 10.2 Å². The molecule has 0 bridgehead atoms. The highest BCUT2D eigenvalue weighted by atomic mass is 32.2. The van der Waals surface area contributed by atoms with Crippen LogP contribution in [0.15, 0.2) is 24.4 Å². The number of pyridine rings is 1. The van der Waals surface area contributed by atoms with E-state index in [0.717, 1.165) is 18.5 Å². The van der Waals surface area contributed by atoms with Crippen LogP contribution in [-0.4, -0.2) is 30.8 Å². The summed E-state index contributed by atoms with van der Waals surface area (Å²) < 4.78 is 28.8. The maximum Gasteiger partial charge on any atom is 0.280 e. The molecule has 0 aromatic carbocycles. The molecule has 0 amide bonds. The number of nitrogens with one attached hydrogen (secondary N) is 1. The van der Waals surface area contributed by atoms with Gasteiger partial charge in [0.2, 0.25) is 0 Å². The van der Waals surface area contributed by atoms with Crippen molar-refractivity contribution in [1.82, 2.24) is 14.0 Å². The Morgan fingerprint density at radius 1 is 1.47 bits per heavy atom. The Kier molecular flexibility index (Phi) is 4.54. The summed E-state index contributed by atoms with van der Waals surface area (Å²) in [6.45, 7) is 5.11. The van der Waals surface area contributed by atoms with Gasteiger partial charge in [-0.1, -0.05) is 13.0 Å². The van der Waals surface area contributed by atoms with Gasteiger partial charge in [-0.2, -0.15) is 17.4 Å². The first kappa shape index (κ1) is 14.4. The van der Waals surface area contributed by atoms with Gasteiger partial charge in [0, 0.05) is 19.3 Å². The maximum absolute atomic E-state index is 12.3. The molecule has 19 heavy (non-hydrogen) atoms. The molecular weight excluding hydrogens is 262 g/mol. The van der Waals surface area contributed by atoms with Crippen molar-refractivity contribution in [2.45, 2.75) is 32.7 Å². The standard InChI is InChI=1S/C13H21N3O2S/c1-11-6-5-9-16(10-11)19(17,18)15-12(2)13-7-3-4-8-14-13/h3-4,7-8,11-12,15H,5-6,9-10H2,1-2H3/t11-,12+/m1/s1. The largest absolute Gasteiger partial charge is 0.280 e. The molecule has 1 aromatic rings. The fraction of sp³-hybridized carbons (Fsp3) is 0.615. The predicted octanol–water partition coefficient (Wildman–Crippen LogP) is 1.71. The molecule has 1 aliphatic heterocycles. The van der Waals surface area contributed by atoms with Gasteiger partial charge in [-0.25, -0.2) is 0 Å². The second-order valence-electron chi connectivity index (χ2n) is 5.20. The molecule has 1 aliphatic rings. The van der Waals surface area contributed by atoms with E-state index >= 15 is 0 Å². The normalized spacial score (nSPS) is 23.2. The molecule has 1 fully saturated rings. The molecule has 2 heterocycles. The van der Waals surface area contributed by atoms with E-state index in [1.54, 1.807) is 10.5 Å². The lowest BCUT2D eigenvalue weighted by molar-refractivity contribution is 0.277. The number of nitrogens with zero attached hydrogens (tertiary/aromatic N) is 2. The SMILES string of the molecule is C[C@@H]1CCCN(S(=O)(=O)N[C@@H](C)c2ccccn2)C1. The van der Waals surface area contributed by atoms with Crippen molar-refractivity contribution >= 4 is 10.2 Å². The molecule has 1 N–H and O–H groups in total. The maximum atomic E-state index is 12.3. The van der Waals surface area contributed by atoms with Gasteiger partial charge in [0.25, 0.3) is 10.2 Å². The van der Waals surface area contributed by atoms with Crippen molar-refractivity contribution in [1.29, 1.82) is 0 Å². The van der Waals surface area contributed by atoms with Crippen LogP contribution in [-0.2, 0) is 10.2 Å². The summed E-state index contributed by atoms with van der Waals surface area (Å²) in [4.78, 5) is 4.18. The van der Waals surface area contributed by atoms with Crippen LogP contribution >= 0.6 is 0 Å². The average molecular weight is 283 g/mol. The molecule has 1 aromatic heterocycles. The van der Waals surface area contributed by atoms with Gasteiger partial charge in [0.15, 0.2) is 0 Å². The van der Waals surface area contributed by atoms with Gasteiger partial charge in [-0.3, -0.25) is 4.98 Å². The summed E-state index contributed by atoms with van der Waals surface area (Å²) in [7, 11) is -3.42. The first-order valence-electron chi connectivity index (χ1n) is 6.67. The van der Waals surface area contributed by atoms with E-state index in [4.69, 9.17) is 0 Å². The topological polar surface area (TPSA) is 62.3 Å². The van der Waals surface area contributed by atoms with E-state index in [1.165, 1.54) is 0 Å². The van der Waals surface area contributed by atoms with Crippen LogP contribution in [0.1, 0.15) is 38.4 Å². The number of piperidine rings is 1. The monoisotopic (exact) mass is 283 g/mol. The lowest BCUT2D eigenvalue weighted by atomic mass is 10.0. The lowest BCUT2D eigenvalue weighted by Gasteiger charge is -2.31. The number of hydrogen-bond acceptors (Lipinski definition) is 3. The van der Waals surface area contributed by atoms with Crippen LogP contribution in [0.4, 0.5) is 0 Å². The molecule has 0 radical (unpaired) electrons. The Morgan fingerprint density at radius 3 is 2.89 bits per heavy atom. The molecule has 5 nitrogen and oxygen atoms in total. The number of rotatable bonds is 4. The first-order chi connectivity index (χ1) is 8.99. The summed E-state index contributed by atoms with van der Waals surface area (Å²) in [5.74, 6) is 0.426. The Bertz CT molecular complexity index is 504. The lowest BCUT2D eigenvalue weighted by Crippen LogP contribution is -2.46. The van der Waals surface area contributed by atoms with E-state index in [2.05, 4.69) is 16.6 Å². The smallest absolute Gasteiger partial charge is 0.260 e. The van der Waals surface area contributed by atoms with Crippen molar-refractivity contribution in [3.8, 4) is 0 Å². The summed E-state index contributed by atoms with van der Waals surface area (Å²) >= 11 is 0. The molecule has 0 unspecified atom stereocenters. The first-order valence-corrected chi connectivity index (χ1v) is 8.11. The highest BCUT2D eigenvalue weighted by molar-refractivity contribution is 7.87. The Hall–Kier alpha value is -0.980. The van der Waals surface area contributed by atoms with Crippen LogP contribution < -0.4 is 4.72 Å². The Labute approximate surface area is 115 Å². The van der Waals surface area contributed by atoms with Gasteiger partial charge in [0.05, 0.1) is 11.7 Å². The zero-order valence-corrected chi connectivity index (χ0v) is 12.2. The minimum atomic E-state index is -3.42. The zero-order valence-electron chi connectivity index (χ0n) is 11.4. The second-order valence-corrected chi connectivity index (χ2v) is 6.91. The van der Waals surface area contributed by atoms with Crippen LogP contribution in [0.5, 0.6) is 0 Å². The second kappa shape index (κ2) is 5.98. The van der Waals surface area contributed by atoms with Gasteiger partial charge in [0.1, 0.15) is 0 Å². The van der Waals surface area contributed by atoms with Gasteiger partial charge < -0.3 is 0 Å². The fourth-order valence-corrected chi connectivity index (χ4v) is 3.89. The van der Waals surface area contributed by atoms with Crippen LogP contribution in [0, 0.1) is 5.92 Å². The van der Waals surface area contributed by atoms with Gasteiger partial charge >= 0.3 is 0 Å². The molecule has 0 saturated carbocycles. The summed E-state index contributed by atoms with van der Waals surface area (Å²) in [6, 6.07) is 5.18. The minimum absolute atomic E-state index is 0.316. The average Bonchev–Trinajstić information content (AvgIpc) is 2.39. The number of hydrogen-bond donors (Lipinski definition) is 1. The highest BCUT2D eigenvalue weighted by Crippen LogP contribution is 2.19. The van der Waals surface area contributed by atoms with E-state index in [9.17, 15) is 8.42 Å². The molecular formula is C13H21N3O2S. The molecule has 0 spiro atoms. The summed E-state index contributed by atoms with van der Waals surface area (Å²) in [5.41, 5.74) is 0.733. The van der Waals surface area contributed by atoms with Crippen LogP contribution in [0.3, 0.4) is 0 Å². The molecule has 106 valence electrons. The highest BCUT2D eigenvalue weighted by Gasteiger charge is 2.28. The van der Waals surface area contributed by atoms with Crippen molar-refractivity contribution in [3.63, 3.8) is 0 Å².